The molecule has 1 amide bonds. The molecule has 1 aromatic heterocycles. The lowest BCUT2D eigenvalue weighted by atomic mass is 9.87. The van der Waals surface area contributed by atoms with E-state index in [0.717, 1.165) is 42.7 Å². The first-order valence-electron chi connectivity index (χ1n) is 11.0. The van der Waals surface area contributed by atoms with Crippen LogP contribution in [0.5, 0.6) is 0 Å². The quantitative estimate of drug-likeness (QED) is 0.528. The first-order valence-corrected chi connectivity index (χ1v) is 11.4. The van der Waals surface area contributed by atoms with Crippen LogP contribution < -0.4 is 5.32 Å². The molecular formula is C25H30ClN3O. The van der Waals surface area contributed by atoms with E-state index in [-0.39, 0.29) is 11.8 Å². The van der Waals surface area contributed by atoms with Crippen LogP contribution in [-0.4, -0.2) is 42.0 Å². The second-order valence-corrected chi connectivity index (χ2v) is 8.58. The van der Waals surface area contributed by atoms with Gasteiger partial charge in [0.1, 0.15) is 0 Å². The first-order chi connectivity index (χ1) is 14.7. The van der Waals surface area contributed by atoms with Gasteiger partial charge in [-0.1, -0.05) is 48.9 Å². The van der Waals surface area contributed by atoms with Crippen LogP contribution in [0.3, 0.4) is 0 Å². The number of nitrogens with zero attached hydrogens (tertiary/aromatic N) is 1. The number of benzene rings is 2. The minimum absolute atomic E-state index is 0.0451. The van der Waals surface area contributed by atoms with E-state index in [1.165, 1.54) is 23.8 Å². The van der Waals surface area contributed by atoms with Crippen molar-refractivity contribution in [2.45, 2.75) is 38.5 Å². The molecule has 4 rings (SSSR count). The minimum Gasteiger partial charge on any atom is -0.361 e. The van der Waals surface area contributed by atoms with Crippen molar-refractivity contribution in [3.8, 4) is 0 Å². The predicted molar refractivity (Wildman–Crippen MR) is 124 cm³/mol. The maximum atomic E-state index is 12.9. The average molecular weight is 424 g/mol. The zero-order valence-electron chi connectivity index (χ0n) is 17.6. The van der Waals surface area contributed by atoms with Gasteiger partial charge < -0.3 is 15.2 Å². The highest BCUT2D eigenvalue weighted by Crippen LogP contribution is 2.35. The van der Waals surface area contributed by atoms with Crippen LogP contribution in [0.2, 0.25) is 5.02 Å². The van der Waals surface area contributed by atoms with Crippen molar-refractivity contribution < 1.29 is 4.79 Å². The van der Waals surface area contributed by atoms with E-state index in [0.29, 0.717) is 18.0 Å². The second-order valence-electron chi connectivity index (χ2n) is 8.15. The summed E-state index contributed by atoms with van der Waals surface area (Å²) in [6.45, 7) is 6.10. The van der Waals surface area contributed by atoms with Crippen LogP contribution in [0, 0.1) is 0 Å². The van der Waals surface area contributed by atoms with Crippen molar-refractivity contribution in [1.82, 2.24) is 15.2 Å². The number of aromatic nitrogens is 1. The van der Waals surface area contributed by atoms with E-state index in [1.54, 1.807) is 0 Å². The van der Waals surface area contributed by atoms with E-state index in [4.69, 9.17) is 11.6 Å². The predicted octanol–water partition coefficient (Wildman–Crippen LogP) is 5.12. The number of H-pyrrole nitrogens is 1. The summed E-state index contributed by atoms with van der Waals surface area (Å²) in [5, 5.41) is 5.01. The van der Waals surface area contributed by atoms with Gasteiger partial charge in [0.25, 0.3) is 0 Å². The van der Waals surface area contributed by atoms with Crippen molar-refractivity contribution >= 4 is 28.4 Å². The number of carbonyl (C=O) groups is 1. The molecule has 0 aliphatic carbocycles. The van der Waals surface area contributed by atoms with Gasteiger partial charge in [-0.05, 0) is 61.2 Å². The number of hydrogen-bond acceptors (Lipinski definition) is 2. The second kappa shape index (κ2) is 9.67. The van der Waals surface area contributed by atoms with Crippen LogP contribution in [0.1, 0.15) is 48.8 Å². The number of aromatic amines is 1. The lowest BCUT2D eigenvalue weighted by Gasteiger charge is -2.19. The SMILES string of the molecule is CCc1cccc2c(C(CC(=O)NCCN3CCCC3)c3cccc(Cl)c3)c[nH]c12. The van der Waals surface area contributed by atoms with Gasteiger partial charge in [0.05, 0.1) is 0 Å². The summed E-state index contributed by atoms with van der Waals surface area (Å²) in [4.78, 5) is 18.7. The van der Waals surface area contributed by atoms with E-state index in [2.05, 4.69) is 52.6 Å². The smallest absolute Gasteiger partial charge is 0.220 e. The summed E-state index contributed by atoms with van der Waals surface area (Å²) in [7, 11) is 0. The highest BCUT2D eigenvalue weighted by atomic mass is 35.5. The number of hydrogen-bond donors (Lipinski definition) is 2. The third-order valence-corrected chi connectivity index (χ3v) is 6.41. The third kappa shape index (κ3) is 4.71. The lowest BCUT2D eigenvalue weighted by molar-refractivity contribution is -0.121. The van der Waals surface area contributed by atoms with Crippen molar-refractivity contribution in [2.24, 2.45) is 0 Å². The van der Waals surface area contributed by atoms with Crippen molar-refractivity contribution in [2.75, 3.05) is 26.2 Å². The molecule has 1 aliphatic heterocycles. The highest BCUT2D eigenvalue weighted by molar-refractivity contribution is 6.30. The Kier molecular flexibility index (Phi) is 6.76. The molecule has 1 fully saturated rings. The largest absolute Gasteiger partial charge is 0.361 e. The van der Waals surface area contributed by atoms with E-state index in [9.17, 15) is 4.79 Å². The van der Waals surface area contributed by atoms with Crippen LogP contribution in [0.25, 0.3) is 10.9 Å². The van der Waals surface area contributed by atoms with Gasteiger partial charge in [-0.25, -0.2) is 0 Å². The number of rotatable bonds is 8. The standard InChI is InChI=1S/C25H30ClN3O/c1-2-18-7-6-10-21-23(17-28-25(18)21)22(19-8-5-9-20(26)15-19)16-24(30)27-11-14-29-12-3-4-13-29/h5-10,15,17,22,28H,2-4,11-14,16H2,1H3,(H,27,30). The summed E-state index contributed by atoms with van der Waals surface area (Å²) >= 11 is 6.30. The monoisotopic (exact) mass is 423 g/mol. The van der Waals surface area contributed by atoms with Gasteiger partial charge in [0.15, 0.2) is 0 Å². The Morgan fingerprint density at radius 1 is 1.20 bits per heavy atom. The summed E-state index contributed by atoms with van der Waals surface area (Å²) in [6, 6.07) is 14.3. The fraction of sp³-hybridized carbons (Fsp3) is 0.400. The summed E-state index contributed by atoms with van der Waals surface area (Å²) < 4.78 is 0. The normalized spacial score (nSPS) is 15.5. The molecule has 0 radical (unpaired) electrons. The Morgan fingerprint density at radius 3 is 2.77 bits per heavy atom. The zero-order chi connectivity index (χ0) is 20.9. The van der Waals surface area contributed by atoms with Gasteiger partial charge >= 0.3 is 0 Å². The Labute approximate surface area is 183 Å². The molecule has 1 aliphatic rings. The maximum absolute atomic E-state index is 12.9. The van der Waals surface area contributed by atoms with E-state index in [1.807, 2.05) is 18.2 Å². The number of amides is 1. The zero-order valence-corrected chi connectivity index (χ0v) is 18.3. The Bertz CT molecular complexity index is 1010. The first kappa shape index (κ1) is 21.0. The topological polar surface area (TPSA) is 48.1 Å². The molecule has 0 bridgehead atoms. The summed E-state index contributed by atoms with van der Waals surface area (Å²) in [5.41, 5.74) is 4.67. The average Bonchev–Trinajstić information content (AvgIpc) is 3.42. The number of likely N-dealkylation sites (tertiary alicyclic amines) is 1. The molecule has 2 N–H and O–H groups in total. The molecule has 0 spiro atoms. The maximum Gasteiger partial charge on any atom is 0.220 e. The van der Waals surface area contributed by atoms with Crippen LogP contribution in [-0.2, 0) is 11.2 Å². The highest BCUT2D eigenvalue weighted by Gasteiger charge is 2.22. The van der Waals surface area contributed by atoms with Crippen LogP contribution in [0.15, 0.2) is 48.7 Å². The molecule has 2 aromatic carbocycles. The van der Waals surface area contributed by atoms with Gasteiger partial charge in [0, 0.05) is 47.6 Å². The van der Waals surface area contributed by atoms with E-state index >= 15 is 0 Å². The number of fused-ring (bicyclic) bond motifs is 1. The Balaban J connectivity index is 1.57. The van der Waals surface area contributed by atoms with Gasteiger partial charge in [-0.2, -0.15) is 0 Å². The van der Waals surface area contributed by atoms with Gasteiger partial charge in [0.2, 0.25) is 5.91 Å². The molecule has 0 saturated carbocycles. The van der Waals surface area contributed by atoms with Crippen molar-refractivity contribution in [3.63, 3.8) is 0 Å². The number of halogens is 1. The third-order valence-electron chi connectivity index (χ3n) is 6.18. The van der Waals surface area contributed by atoms with E-state index < -0.39 is 0 Å². The molecule has 2 heterocycles. The molecular weight excluding hydrogens is 394 g/mol. The molecule has 5 heteroatoms. The minimum atomic E-state index is -0.0451. The fourth-order valence-electron chi connectivity index (χ4n) is 4.57. The Hall–Kier alpha value is -2.30. The molecule has 1 atom stereocenters. The fourth-order valence-corrected chi connectivity index (χ4v) is 4.77. The molecule has 1 unspecified atom stereocenters. The number of nitrogens with one attached hydrogen (secondary N) is 2. The molecule has 4 nitrogen and oxygen atoms in total. The lowest BCUT2D eigenvalue weighted by Crippen LogP contribution is -2.34. The van der Waals surface area contributed by atoms with Crippen molar-refractivity contribution in [1.29, 1.82) is 0 Å². The summed E-state index contributed by atoms with van der Waals surface area (Å²) in [6.07, 6.45) is 5.98. The van der Waals surface area contributed by atoms with Crippen molar-refractivity contribution in [3.05, 3.63) is 70.4 Å². The van der Waals surface area contributed by atoms with Crippen LogP contribution >= 0.6 is 11.6 Å². The van der Waals surface area contributed by atoms with Gasteiger partial charge in [-0.3, -0.25) is 4.79 Å². The number of carbonyl (C=O) groups excluding carboxylic acids is 1. The molecule has 30 heavy (non-hydrogen) atoms. The van der Waals surface area contributed by atoms with Gasteiger partial charge in [-0.15, -0.1) is 0 Å². The summed E-state index contributed by atoms with van der Waals surface area (Å²) in [5.74, 6) is 0.0384. The number of aryl methyl sites for hydroxylation is 1. The van der Waals surface area contributed by atoms with Crippen LogP contribution in [0.4, 0.5) is 0 Å². The molecule has 1 saturated heterocycles. The number of para-hydroxylation sites is 1. The Morgan fingerprint density at radius 2 is 2.00 bits per heavy atom. The molecule has 158 valence electrons. The molecule has 3 aromatic rings.